The number of rotatable bonds is 5. The average Bonchev–Trinajstić information content (AvgIpc) is 2.34. The first-order valence-electron chi connectivity index (χ1n) is 6.29. The summed E-state index contributed by atoms with van der Waals surface area (Å²) in [6, 6.07) is 6.78. The zero-order chi connectivity index (χ0) is 15.2. The molecule has 0 radical (unpaired) electrons. The van der Waals surface area contributed by atoms with E-state index in [1.165, 1.54) is 0 Å². The van der Waals surface area contributed by atoms with Gasteiger partial charge in [-0.3, -0.25) is 0 Å². The Hall–Kier alpha value is -1.27. The van der Waals surface area contributed by atoms with E-state index >= 15 is 0 Å². The second-order valence-corrected chi connectivity index (χ2v) is 6.21. The van der Waals surface area contributed by atoms with Gasteiger partial charge in [-0.1, -0.05) is 15.9 Å². The minimum absolute atomic E-state index is 0.164. The molecule has 0 bridgehead atoms. The van der Waals surface area contributed by atoms with E-state index in [-0.39, 0.29) is 13.2 Å². The highest BCUT2D eigenvalue weighted by Gasteiger charge is 2.19. The zero-order valence-corrected chi connectivity index (χ0v) is 13.4. The Bertz CT molecular complexity index is 428. The van der Waals surface area contributed by atoms with Crippen molar-refractivity contribution in [1.29, 1.82) is 0 Å². The molecule has 1 atom stereocenters. The number of amides is 1. The summed E-state index contributed by atoms with van der Waals surface area (Å²) in [5, 5.41) is 11.8. The van der Waals surface area contributed by atoms with Crippen LogP contribution in [0.15, 0.2) is 28.7 Å². The monoisotopic (exact) mass is 345 g/mol. The summed E-state index contributed by atoms with van der Waals surface area (Å²) < 4.78 is 11.6. The van der Waals surface area contributed by atoms with Crippen LogP contribution in [-0.2, 0) is 4.74 Å². The van der Waals surface area contributed by atoms with E-state index in [4.69, 9.17) is 9.47 Å². The second kappa shape index (κ2) is 7.50. The summed E-state index contributed by atoms with van der Waals surface area (Å²) in [4.78, 5) is 11.6. The molecule has 0 aromatic heterocycles. The number of nitrogens with one attached hydrogen (secondary N) is 1. The van der Waals surface area contributed by atoms with Gasteiger partial charge in [0.1, 0.15) is 18.0 Å². The first kappa shape index (κ1) is 16.8. The molecule has 0 aliphatic rings. The van der Waals surface area contributed by atoms with Crippen molar-refractivity contribution in [2.45, 2.75) is 32.4 Å². The van der Waals surface area contributed by atoms with Crippen LogP contribution < -0.4 is 10.1 Å². The molecule has 5 nitrogen and oxygen atoms in total. The third-order valence-electron chi connectivity index (χ3n) is 2.21. The van der Waals surface area contributed by atoms with Crippen LogP contribution in [0.25, 0.3) is 0 Å². The fourth-order valence-corrected chi connectivity index (χ4v) is 1.61. The number of aliphatic hydroxyl groups is 1. The van der Waals surface area contributed by atoms with Crippen LogP contribution in [0.4, 0.5) is 4.79 Å². The number of carbonyl (C=O) groups excluding carboxylic acids is 1. The van der Waals surface area contributed by atoms with Crippen molar-refractivity contribution in [2.24, 2.45) is 0 Å². The van der Waals surface area contributed by atoms with Gasteiger partial charge in [0.2, 0.25) is 0 Å². The van der Waals surface area contributed by atoms with Crippen LogP contribution in [0.1, 0.15) is 20.8 Å². The van der Waals surface area contributed by atoms with Gasteiger partial charge >= 0.3 is 6.09 Å². The van der Waals surface area contributed by atoms with Crippen LogP contribution in [0.5, 0.6) is 5.75 Å². The third kappa shape index (κ3) is 6.77. The van der Waals surface area contributed by atoms with Crippen molar-refractivity contribution >= 4 is 22.0 Å². The van der Waals surface area contributed by atoms with E-state index in [0.717, 1.165) is 4.47 Å². The van der Waals surface area contributed by atoms with Crippen molar-refractivity contribution in [3.63, 3.8) is 0 Å². The Morgan fingerprint density at radius 3 is 2.45 bits per heavy atom. The highest BCUT2D eigenvalue weighted by atomic mass is 79.9. The molecule has 1 unspecified atom stereocenters. The minimum atomic E-state index is -0.573. The van der Waals surface area contributed by atoms with Gasteiger partial charge in [-0.05, 0) is 45.0 Å². The van der Waals surface area contributed by atoms with Gasteiger partial charge in [0.15, 0.2) is 0 Å². The highest BCUT2D eigenvalue weighted by molar-refractivity contribution is 9.10. The Morgan fingerprint density at radius 2 is 1.95 bits per heavy atom. The topological polar surface area (TPSA) is 67.8 Å². The summed E-state index contributed by atoms with van der Waals surface area (Å²) in [6.07, 6.45) is -0.573. The molecule has 1 aromatic rings. The Labute approximate surface area is 127 Å². The molecule has 0 heterocycles. The smallest absolute Gasteiger partial charge is 0.408 e. The van der Waals surface area contributed by atoms with Crippen molar-refractivity contribution in [2.75, 3.05) is 13.2 Å². The molecule has 1 amide bonds. The SMILES string of the molecule is CC(C)(C)OC(=O)NC(CO)COc1ccc(Br)cc1. The second-order valence-electron chi connectivity index (χ2n) is 5.29. The largest absolute Gasteiger partial charge is 0.491 e. The molecule has 1 rings (SSSR count). The van der Waals surface area contributed by atoms with Gasteiger partial charge in [0, 0.05) is 4.47 Å². The van der Waals surface area contributed by atoms with Crippen LogP contribution in [0.3, 0.4) is 0 Å². The lowest BCUT2D eigenvalue weighted by atomic mass is 10.2. The molecule has 0 saturated carbocycles. The number of carbonyl (C=O) groups is 1. The third-order valence-corrected chi connectivity index (χ3v) is 2.73. The Kier molecular flexibility index (Phi) is 6.29. The van der Waals surface area contributed by atoms with Crippen molar-refractivity contribution < 1.29 is 19.4 Å². The zero-order valence-electron chi connectivity index (χ0n) is 11.9. The molecule has 0 aliphatic carbocycles. The van der Waals surface area contributed by atoms with Crippen molar-refractivity contribution in [3.05, 3.63) is 28.7 Å². The van der Waals surface area contributed by atoms with Gasteiger partial charge < -0.3 is 19.9 Å². The predicted molar refractivity (Wildman–Crippen MR) is 79.9 cm³/mol. The lowest BCUT2D eigenvalue weighted by Gasteiger charge is -2.22. The molecule has 1 aromatic carbocycles. The van der Waals surface area contributed by atoms with Gasteiger partial charge in [0.05, 0.1) is 12.6 Å². The number of hydrogen-bond acceptors (Lipinski definition) is 4. The van der Waals surface area contributed by atoms with Gasteiger partial charge in [-0.25, -0.2) is 4.79 Å². The molecule has 6 heteroatoms. The molecule has 2 N–H and O–H groups in total. The van der Waals surface area contributed by atoms with E-state index in [9.17, 15) is 9.90 Å². The number of hydrogen-bond donors (Lipinski definition) is 2. The van der Waals surface area contributed by atoms with Crippen molar-refractivity contribution in [3.8, 4) is 5.75 Å². The van der Waals surface area contributed by atoms with E-state index < -0.39 is 17.7 Å². The molecule has 0 spiro atoms. The number of halogens is 1. The van der Waals surface area contributed by atoms with Gasteiger partial charge in [0.25, 0.3) is 0 Å². The highest BCUT2D eigenvalue weighted by Crippen LogP contribution is 2.16. The van der Waals surface area contributed by atoms with Crippen LogP contribution in [-0.4, -0.2) is 36.1 Å². The summed E-state index contributed by atoms with van der Waals surface area (Å²) in [5.74, 6) is 0.664. The maximum Gasteiger partial charge on any atom is 0.408 e. The minimum Gasteiger partial charge on any atom is -0.491 e. The van der Waals surface area contributed by atoms with E-state index in [1.807, 2.05) is 12.1 Å². The lowest BCUT2D eigenvalue weighted by Crippen LogP contribution is -2.44. The van der Waals surface area contributed by atoms with E-state index in [2.05, 4.69) is 21.2 Å². The van der Waals surface area contributed by atoms with Crippen LogP contribution >= 0.6 is 15.9 Å². The first-order valence-corrected chi connectivity index (χ1v) is 7.08. The fraction of sp³-hybridized carbons (Fsp3) is 0.500. The quantitative estimate of drug-likeness (QED) is 0.860. The van der Waals surface area contributed by atoms with Crippen LogP contribution in [0.2, 0.25) is 0 Å². The maximum atomic E-state index is 11.6. The Morgan fingerprint density at radius 1 is 1.35 bits per heavy atom. The molecule has 0 aliphatic heterocycles. The molecule has 0 saturated heterocycles. The maximum absolute atomic E-state index is 11.6. The molecule has 20 heavy (non-hydrogen) atoms. The molecule has 0 fully saturated rings. The van der Waals surface area contributed by atoms with Crippen LogP contribution in [0, 0.1) is 0 Å². The summed E-state index contributed by atoms with van der Waals surface area (Å²) in [5.41, 5.74) is -0.573. The lowest BCUT2D eigenvalue weighted by molar-refractivity contribution is 0.0458. The molecular weight excluding hydrogens is 326 g/mol. The van der Waals surface area contributed by atoms with Crippen molar-refractivity contribution in [1.82, 2.24) is 5.32 Å². The van der Waals surface area contributed by atoms with Gasteiger partial charge in [-0.2, -0.15) is 0 Å². The number of aliphatic hydroxyl groups excluding tert-OH is 1. The molecule has 112 valence electrons. The fourth-order valence-electron chi connectivity index (χ4n) is 1.34. The number of alkyl carbamates (subject to hydrolysis) is 1. The van der Waals surface area contributed by atoms with E-state index in [1.54, 1.807) is 32.9 Å². The standard InChI is InChI=1S/C14H20BrNO4/c1-14(2,3)20-13(18)16-11(8-17)9-19-12-6-4-10(15)5-7-12/h4-7,11,17H,8-9H2,1-3H3,(H,16,18). The molecular formula is C14H20BrNO4. The summed E-state index contributed by atoms with van der Waals surface area (Å²) >= 11 is 3.33. The van der Waals surface area contributed by atoms with E-state index in [0.29, 0.717) is 5.75 Å². The van der Waals surface area contributed by atoms with Gasteiger partial charge in [-0.15, -0.1) is 0 Å². The number of ether oxygens (including phenoxy) is 2. The Balaban J connectivity index is 2.43. The summed E-state index contributed by atoms with van der Waals surface area (Å²) in [7, 11) is 0. The normalized spacial score (nSPS) is 12.7. The number of benzene rings is 1. The first-order chi connectivity index (χ1) is 9.30. The predicted octanol–water partition coefficient (Wildman–Crippen LogP) is 2.71. The average molecular weight is 346 g/mol. The summed E-state index contributed by atoms with van der Waals surface area (Å²) in [6.45, 7) is 5.27.